The maximum atomic E-state index is 11.0. The van der Waals surface area contributed by atoms with E-state index < -0.39 is 5.97 Å². The number of carboxylic acids is 1. The van der Waals surface area contributed by atoms with Crippen LogP contribution in [0.5, 0.6) is 0 Å². The first-order valence-corrected chi connectivity index (χ1v) is 6.17. The Hall–Kier alpha value is -2.08. The summed E-state index contributed by atoms with van der Waals surface area (Å²) >= 11 is 1.27. The molecular weight excluding hydrogens is 250 g/mol. The van der Waals surface area contributed by atoms with Crippen molar-refractivity contribution in [2.24, 2.45) is 0 Å². The van der Waals surface area contributed by atoms with Gasteiger partial charge in [-0.2, -0.15) is 0 Å². The zero-order valence-corrected chi connectivity index (χ0v) is 10.9. The van der Waals surface area contributed by atoms with Crippen LogP contribution in [0.25, 0.3) is 0 Å². The molecule has 1 aromatic carbocycles. The number of hydrogen-bond acceptors (Lipinski definition) is 5. The van der Waals surface area contributed by atoms with Gasteiger partial charge in [0.25, 0.3) is 0 Å². The van der Waals surface area contributed by atoms with Gasteiger partial charge < -0.3 is 15.3 Å². The largest absolute Gasteiger partial charge is 0.476 e. The molecule has 0 atom stereocenters. The van der Waals surface area contributed by atoms with Crippen LogP contribution in [0, 0.1) is 0 Å². The van der Waals surface area contributed by atoms with Gasteiger partial charge in [0.2, 0.25) is 0 Å². The summed E-state index contributed by atoms with van der Waals surface area (Å²) in [6.07, 6.45) is 0. The Labute approximate surface area is 109 Å². The van der Waals surface area contributed by atoms with Gasteiger partial charge in [0.05, 0.1) is 16.9 Å². The minimum atomic E-state index is -1.03. The Bertz CT molecular complexity index is 566. The molecule has 0 aliphatic carbocycles. The maximum Gasteiger partial charge on any atom is 0.357 e. The summed E-state index contributed by atoms with van der Waals surface area (Å²) in [7, 11) is 3.87. The second-order valence-corrected chi connectivity index (χ2v) is 4.73. The number of carboxylic acid groups (broad SMARTS) is 1. The van der Waals surface area contributed by atoms with Crippen molar-refractivity contribution < 1.29 is 9.90 Å². The van der Waals surface area contributed by atoms with E-state index in [0.717, 1.165) is 11.4 Å². The van der Waals surface area contributed by atoms with E-state index in [2.05, 4.69) is 10.3 Å². The van der Waals surface area contributed by atoms with Crippen LogP contribution in [0.4, 0.5) is 16.4 Å². The fourth-order valence-electron chi connectivity index (χ4n) is 1.58. The van der Waals surface area contributed by atoms with Gasteiger partial charge in [-0.15, -0.1) is 11.3 Å². The van der Waals surface area contributed by atoms with Crippen molar-refractivity contribution in [2.45, 2.75) is 0 Å². The maximum absolute atomic E-state index is 11.0. The van der Waals surface area contributed by atoms with Crippen LogP contribution in [0.1, 0.15) is 10.5 Å². The molecule has 0 aliphatic rings. The molecule has 0 aliphatic heterocycles. The van der Waals surface area contributed by atoms with Crippen LogP contribution in [-0.2, 0) is 0 Å². The number of carbonyl (C=O) groups is 1. The van der Waals surface area contributed by atoms with Crippen molar-refractivity contribution in [1.29, 1.82) is 0 Å². The minimum Gasteiger partial charge on any atom is -0.476 e. The summed E-state index contributed by atoms with van der Waals surface area (Å²) in [6.45, 7) is 0. The predicted octanol–water partition coefficient (Wildman–Crippen LogP) is 2.65. The highest BCUT2D eigenvalue weighted by Crippen LogP contribution is 2.30. The van der Waals surface area contributed by atoms with Gasteiger partial charge in [-0.1, -0.05) is 12.1 Å². The van der Waals surface area contributed by atoms with Crippen molar-refractivity contribution in [3.63, 3.8) is 0 Å². The van der Waals surface area contributed by atoms with E-state index in [1.54, 1.807) is 0 Å². The van der Waals surface area contributed by atoms with Gasteiger partial charge >= 0.3 is 5.97 Å². The zero-order chi connectivity index (χ0) is 13.1. The SMILES string of the molecule is CN(C)c1ccccc1Nc1scnc1C(=O)O. The molecule has 2 rings (SSSR count). The van der Waals surface area contributed by atoms with E-state index in [1.165, 1.54) is 16.8 Å². The summed E-state index contributed by atoms with van der Waals surface area (Å²) in [6, 6.07) is 7.70. The van der Waals surface area contributed by atoms with Crippen molar-refractivity contribution in [3.05, 3.63) is 35.5 Å². The number of aromatic carboxylic acids is 1. The third kappa shape index (κ3) is 2.43. The van der Waals surface area contributed by atoms with E-state index in [-0.39, 0.29) is 5.69 Å². The molecule has 0 saturated heterocycles. The molecule has 1 heterocycles. The molecule has 94 valence electrons. The smallest absolute Gasteiger partial charge is 0.357 e. The first-order valence-electron chi connectivity index (χ1n) is 5.29. The number of hydrogen-bond donors (Lipinski definition) is 2. The summed E-state index contributed by atoms with van der Waals surface area (Å²) in [4.78, 5) is 16.8. The molecular formula is C12H13N3O2S. The molecule has 0 unspecified atom stereocenters. The van der Waals surface area contributed by atoms with Gasteiger partial charge in [0, 0.05) is 14.1 Å². The van der Waals surface area contributed by atoms with Crippen molar-refractivity contribution in [2.75, 3.05) is 24.3 Å². The number of nitrogens with one attached hydrogen (secondary N) is 1. The lowest BCUT2D eigenvalue weighted by atomic mass is 10.2. The Balaban J connectivity index is 2.34. The minimum absolute atomic E-state index is 0.0496. The lowest BCUT2D eigenvalue weighted by Gasteiger charge is -2.17. The summed E-state index contributed by atoms with van der Waals surface area (Å²) in [5, 5.41) is 12.7. The first-order chi connectivity index (χ1) is 8.59. The van der Waals surface area contributed by atoms with Crippen LogP contribution >= 0.6 is 11.3 Å². The number of benzene rings is 1. The van der Waals surface area contributed by atoms with Gasteiger partial charge in [-0.05, 0) is 12.1 Å². The molecule has 5 nitrogen and oxygen atoms in total. The van der Waals surface area contributed by atoms with Crippen molar-refractivity contribution in [1.82, 2.24) is 4.98 Å². The highest BCUT2D eigenvalue weighted by atomic mass is 32.1. The highest BCUT2D eigenvalue weighted by Gasteiger charge is 2.14. The molecule has 0 spiro atoms. The van der Waals surface area contributed by atoms with Crippen LogP contribution < -0.4 is 10.2 Å². The Morgan fingerprint density at radius 3 is 2.78 bits per heavy atom. The van der Waals surface area contributed by atoms with Crippen LogP contribution in [0.2, 0.25) is 0 Å². The number of rotatable bonds is 4. The van der Waals surface area contributed by atoms with E-state index in [1.807, 2.05) is 43.3 Å². The Morgan fingerprint density at radius 1 is 1.39 bits per heavy atom. The quantitative estimate of drug-likeness (QED) is 0.887. The molecule has 0 saturated carbocycles. The van der Waals surface area contributed by atoms with E-state index in [4.69, 9.17) is 5.11 Å². The number of thiazole rings is 1. The number of anilines is 3. The average Bonchev–Trinajstić information content (AvgIpc) is 2.77. The molecule has 18 heavy (non-hydrogen) atoms. The molecule has 0 radical (unpaired) electrons. The Morgan fingerprint density at radius 2 is 2.11 bits per heavy atom. The molecule has 0 bridgehead atoms. The van der Waals surface area contributed by atoms with Gasteiger partial charge in [-0.25, -0.2) is 9.78 Å². The van der Waals surface area contributed by atoms with Gasteiger partial charge in [-0.3, -0.25) is 0 Å². The normalized spacial score (nSPS) is 10.1. The fraction of sp³-hybridized carbons (Fsp3) is 0.167. The number of aromatic nitrogens is 1. The second-order valence-electron chi connectivity index (χ2n) is 3.87. The standard InChI is InChI=1S/C12H13N3O2S/c1-15(2)9-6-4-3-5-8(9)14-11-10(12(16)17)13-7-18-11/h3-7,14H,1-2H3,(H,16,17). The highest BCUT2D eigenvalue weighted by molar-refractivity contribution is 7.14. The lowest BCUT2D eigenvalue weighted by molar-refractivity contribution is 0.0692. The van der Waals surface area contributed by atoms with Crippen LogP contribution in [0.15, 0.2) is 29.8 Å². The Kier molecular flexibility index (Phi) is 3.47. The zero-order valence-electron chi connectivity index (χ0n) is 10.0. The lowest BCUT2D eigenvalue weighted by Crippen LogP contribution is -2.11. The second kappa shape index (κ2) is 5.05. The van der Waals surface area contributed by atoms with Crippen molar-refractivity contribution in [3.8, 4) is 0 Å². The third-order valence-corrected chi connectivity index (χ3v) is 3.15. The van der Waals surface area contributed by atoms with Crippen molar-refractivity contribution >= 4 is 33.7 Å². The van der Waals surface area contributed by atoms with Crippen LogP contribution in [0.3, 0.4) is 0 Å². The molecule has 2 N–H and O–H groups in total. The van der Waals surface area contributed by atoms with E-state index >= 15 is 0 Å². The average molecular weight is 263 g/mol. The number of nitrogens with zero attached hydrogens (tertiary/aromatic N) is 2. The molecule has 0 amide bonds. The number of para-hydroxylation sites is 2. The summed E-state index contributed by atoms with van der Waals surface area (Å²) in [5.74, 6) is -1.03. The monoisotopic (exact) mass is 263 g/mol. The molecule has 2 aromatic rings. The third-order valence-electron chi connectivity index (χ3n) is 2.40. The van der Waals surface area contributed by atoms with Gasteiger partial charge in [0.1, 0.15) is 5.00 Å². The first kappa shape index (κ1) is 12.4. The molecule has 0 fully saturated rings. The summed E-state index contributed by atoms with van der Waals surface area (Å²) < 4.78 is 0. The molecule has 1 aromatic heterocycles. The van der Waals surface area contributed by atoms with E-state index in [0.29, 0.717) is 5.00 Å². The summed E-state index contributed by atoms with van der Waals surface area (Å²) in [5.41, 5.74) is 3.41. The van der Waals surface area contributed by atoms with Crippen LogP contribution in [-0.4, -0.2) is 30.2 Å². The van der Waals surface area contributed by atoms with E-state index in [9.17, 15) is 4.79 Å². The van der Waals surface area contributed by atoms with Gasteiger partial charge in [0.15, 0.2) is 5.69 Å². The molecule has 6 heteroatoms. The predicted molar refractivity (Wildman–Crippen MR) is 73.1 cm³/mol. The topological polar surface area (TPSA) is 65.5 Å². The fourth-order valence-corrected chi connectivity index (χ4v) is 2.26.